The smallest absolute Gasteiger partial charge is 0.325 e. The Balaban J connectivity index is 0.000000426. The number of hydrogen-bond donors (Lipinski definition) is 3. The molecule has 140 valence electrons. The van der Waals surface area contributed by atoms with E-state index in [0.717, 1.165) is 36.1 Å². The van der Waals surface area contributed by atoms with Crippen molar-refractivity contribution in [1.29, 1.82) is 0 Å². The van der Waals surface area contributed by atoms with Gasteiger partial charge in [-0.3, -0.25) is 9.55 Å². The molecule has 0 amide bonds. The second-order valence-electron chi connectivity index (χ2n) is 5.29. The van der Waals surface area contributed by atoms with Gasteiger partial charge in [-0.15, -0.1) is 0 Å². The molecule has 1 aromatic carbocycles. The molecular formula is C18H29N2O3PS. The van der Waals surface area contributed by atoms with Crippen molar-refractivity contribution < 1.29 is 14.4 Å². The van der Waals surface area contributed by atoms with E-state index in [1.54, 1.807) is 0 Å². The van der Waals surface area contributed by atoms with Crippen molar-refractivity contribution in [1.82, 2.24) is 4.98 Å². The van der Waals surface area contributed by atoms with Gasteiger partial charge in [-0.25, -0.2) is 0 Å². The van der Waals surface area contributed by atoms with Crippen molar-refractivity contribution in [3.8, 4) is 0 Å². The van der Waals surface area contributed by atoms with E-state index in [4.69, 9.17) is 22.0 Å². The summed E-state index contributed by atoms with van der Waals surface area (Å²) in [5.41, 5.74) is 5.56. The number of nitrogens with zero attached hydrogens (tertiary/aromatic N) is 1. The third kappa shape index (κ3) is 12.8. The molecule has 2 rings (SSSR count). The third-order valence-electron chi connectivity index (χ3n) is 3.31. The van der Waals surface area contributed by atoms with E-state index in [1.165, 1.54) is 12.4 Å². The van der Waals surface area contributed by atoms with Crippen LogP contribution in [-0.2, 0) is 4.57 Å². The Labute approximate surface area is 155 Å². The average Bonchev–Trinajstić information content (AvgIpc) is 2.62. The number of nitrogens with two attached hydrogens (primary N) is 1. The molecule has 2 aromatic rings. The van der Waals surface area contributed by atoms with Gasteiger partial charge in [-0.1, -0.05) is 49.8 Å². The zero-order valence-electron chi connectivity index (χ0n) is 15.0. The van der Waals surface area contributed by atoms with E-state index in [9.17, 15) is 4.57 Å². The van der Waals surface area contributed by atoms with Crippen LogP contribution in [0.3, 0.4) is 0 Å². The van der Waals surface area contributed by atoms with Gasteiger partial charge in [0.05, 0.1) is 5.52 Å². The Morgan fingerprint density at radius 3 is 2.36 bits per heavy atom. The van der Waals surface area contributed by atoms with Crippen LogP contribution in [-0.4, -0.2) is 32.8 Å². The van der Waals surface area contributed by atoms with Gasteiger partial charge in [0.2, 0.25) is 0 Å². The van der Waals surface area contributed by atoms with Gasteiger partial charge in [0, 0.05) is 17.7 Å². The van der Waals surface area contributed by atoms with Crippen molar-refractivity contribution in [3.63, 3.8) is 0 Å². The molecule has 0 radical (unpaired) electrons. The van der Waals surface area contributed by atoms with Crippen LogP contribution < -0.4 is 5.73 Å². The number of para-hydroxylation sites is 1. The quantitative estimate of drug-likeness (QED) is 0.374. The SMILES string of the molecule is CCC(=S)CCCCCP(=O)(O)O.CN.c1ccc2ncccc2c1. The van der Waals surface area contributed by atoms with Crippen LogP contribution in [0.2, 0.25) is 0 Å². The van der Waals surface area contributed by atoms with Crippen LogP contribution in [0.4, 0.5) is 0 Å². The molecular weight excluding hydrogens is 355 g/mol. The van der Waals surface area contributed by atoms with E-state index in [1.807, 2.05) is 37.4 Å². The monoisotopic (exact) mass is 384 g/mol. The highest BCUT2D eigenvalue weighted by Gasteiger charge is 2.10. The first kappa shape index (κ1) is 23.8. The van der Waals surface area contributed by atoms with Crippen LogP contribution in [0.5, 0.6) is 0 Å². The minimum Gasteiger partial charge on any atom is -0.333 e. The molecule has 25 heavy (non-hydrogen) atoms. The van der Waals surface area contributed by atoms with Gasteiger partial charge in [0.15, 0.2) is 0 Å². The number of rotatable bonds is 7. The fraction of sp³-hybridized carbons (Fsp3) is 0.444. The summed E-state index contributed by atoms with van der Waals surface area (Å²) in [6, 6.07) is 12.1. The van der Waals surface area contributed by atoms with Crippen molar-refractivity contribution in [2.24, 2.45) is 5.73 Å². The number of aromatic nitrogens is 1. The van der Waals surface area contributed by atoms with Gasteiger partial charge in [0.25, 0.3) is 0 Å². The second kappa shape index (κ2) is 14.0. The number of fused-ring (bicyclic) bond motifs is 1. The first-order chi connectivity index (χ1) is 11.9. The molecule has 0 aliphatic carbocycles. The zero-order chi connectivity index (χ0) is 19.1. The van der Waals surface area contributed by atoms with Crippen LogP contribution in [0.15, 0.2) is 42.6 Å². The molecule has 7 heteroatoms. The molecule has 0 aliphatic rings. The standard InChI is InChI=1S/C9H7N.C8H17O3PS.CH5N/c1-2-6-9-8(4-1)5-3-7-10-9;1-2-8(13)6-4-3-5-7-12(9,10)11;1-2/h1-7H;2-7H2,1H3,(H2,9,10,11);2H2,1H3. The van der Waals surface area contributed by atoms with E-state index in [-0.39, 0.29) is 6.16 Å². The Bertz CT molecular complexity index is 596. The highest BCUT2D eigenvalue weighted by atomic mass is 32.1. The number of benzene rings is 1. The summed E-state index contributed by atoms with van der Waals surface area (Å²) in [5, 5.41) is 1.20. The third-order valence-corrected chi connectivity index (χ3v) is 4.70. The maximum absolute atomic E-state index is 10.5. The van der Waals surface area contributed by atoms with Gasteiger partial charge in [-0.05, 0) is 49.7 Å². The predicted octanol–water partition coefficient (Wildman–Crippen LogP) is 4.31. The summed E-state index contributed by atoms with van der Waals surface area (Å²) < 4.78 is 10.5. The fourth-order valence-electron chi connectivity index (χ4n) is 2.01. The summed E-state index contributed by atoms with van der Waals surface area (Å²) in [6.07, 6.45) is 6.05. The van der Waals surface area contributed by atoms with Crippen molar-refractivity contribution in [2.75, 3.05) is 13.2 Å². The van der Waals surface area contributed by atoms with E-state index in [2.05, 4.69) is 22.9 Å². The topological polar surface area (TPSA) is 96.4 Å². The normalized spacial score (nSPS) is 10.3. The molecule has 1 aromatic heterocycles. The van der Waals surface area contributed by atoms with Crippen LogP contribution in [0, 0.1) is 0 Å². The Kier molecular flexibility index (Phi) is 13.4. The molecule has 0 saturated carbocycles. The molecule has 0 saturated heterocycles. The lowest BCUT2D eigenvalue weighted by atomic mass is 10.1. The summed E-state index contributed by atoms with van der Waals surface area (Å²) in [7, 11) is -2.27. The Morgan fingerprint density at radius 2 is 1.76 bits per heavy atom. The minimum absolute atomic E-state index is 0.00584. The molecule has 0 spiro atoms. The summed E-state index contributed by atoms with van der Waals surface area (Å²) in [5.74, 6) is 0. The maximum atomic E-state index is 10.5. The highest BCUT2D eigenvalue weighted by Crippen LogP contribution is 2.35. The summed E-state index contributed by atoms with van der Waals surface area (Å²) in [4.78, 5) is 22.3. The van der Waals surface area contributed by atoms with Gasteiger partial charge in [-0.2, -0.15) is 0 Å². The van der Waals surface area contributed by atoms with E-state index in [0.29, 0.717) is 6.42 Å². The lowest BCUT2D eigenvalue weighted by Crippen LogP contribution is -1.93. The van der Waals surface area contributed by atoms with Gasteiger partial charge >= 0.3 is 7.60 Å². The predicted molar refractivity (Wildman–Crippen MR) is 110 cm³/mol. The van der Waals surface area contributed by atoms with Crippen molar-refractivity contribution in [3.05, 3.63) is 42.6 Å². The molecule has 0 bridgehead atoms. The van der Waals surface area contributed by atoms with Gasteiger partial charge < -0.3 is 15.5 Å². The summed E-state index contributed by atoms with van der Waals surface area (Å²) in [6.45, 7) is 2.03. The zero-order valence-corrected chi connectivity index (χ0v) is 16.7. The molecule has 0 aliphatic heterocycles. The highest BCUT2D eigenvalue weighted by molar-refractivity contribution is 7.80. The fourth-order valence-corrected chi connectivity index (χ4v) is 2.79. The first-order valence-corrected chi connectivity index (χ1v) is 10.6. The summed E-state index contributed by atoms with van der Waals surface area (Å²) >= 11 is 5.02. The molecule has 0 atom stereocenters. The molecule has 5 nitrogen and oxygen atoms in total. The number of unbranched alkanes of at least 4 members (excludes halogenated alkanes) is 2. The van der Waals surface area contributed by atoms with Crippen molar-refractivity contribution >= 4 is 35.6 Å². The second-order valence-corrected chi connectivity index (χ2v) is 7.64. The number of pyridine rings is 1. The van der Waals surface area contributed by atoms with Crippen LogP contribution in [0.25, 0.3) is 10.9 Å². The maximum Gasteiger partial charge on any atom is 0.325 e. The molecule has 0 fully saturated rings. The van der Waals surface area contributed by atoms with Crippen LogP contribution in [0.1, 0.15) is 39.0 Å². The first-order valence-electron chi connectivity index (χ1n) is 8.36. The molecule has 1 heterocycles. The lowest BCUT2D eigenvalue weighted by Gasteiger charge is -2.03. The molecule has 0 unspecified atom stereocenters. The van der Waals surface area contributed by atoms with Crippen molar-refractivity contribution in [2.45, 2.75) is 39.0 Å². The van der Waals surface area contributed by atoms with Gasteiger partial charge in [0.1, 0.15) is 0 Å². The Hall–Kier alpha value is -1.17. The average molecular weight is 384 g/mol. The lowest BCUT2D eigenvalue weighted by molar-refractivity contribution is 0.371. The number of hydrogen-bond acceptors (Lipinski definition) is 4. The largest absolute Gasteiger partial charge is 0.333 e. The molecule has 4 N–H and O–H groups in total. The number of thiocarbonyl (C=S) groups is 1. The Morgan fingerprint density at radius 1 is 1.12 bits per heavy atom. The van der Waals surface area contributed by atoms with E-state index >= 15 is 0 Å². The van der Waals surface area contributed by atoms with E-state index < -0.39 is 7.60 Å². The van der Waals surface area contributed by atoms with Crippen LogP contribution >= 0.6 is 19.8 Å². The minimum atomic E-state index is -3.77.